The van der Waals surface area contributed by atoms with Crippen molar-refractivity contribution in [2.45, 2.75) is 13.8 Å². The van der Waals surface area contributed by atoms with Gasteiger partial charge in [-0.25, -0.2) is 0 Å². The molecule has 0 saturated heterocycles. The molecule has 1 heterocycles. The molecule has 1 aliphatic rings. The Morgan fingerprint density at radius 1 is 1.21 bits per heavy atom. The van der Waals surface area contributed by atoms with E-state index in [0.717, 1.165) is 6.08 Å². The molecule has 1 aromatic carbocycles. The van der Waals surface area contributed by atoms with Gasteiger partial charge in [-0.05, 0) is 19.9 Å². The van der Waals surface area contributed by atoms with Crippen molar-refractivity contribution in [1.29, 1.82) is 0 Å². The highest BCUT2D eigenvalue weighted by molar-refractivity contribution is 6.29. The Morgan fingerprint density at radius 2 is 1.89 bits per heavy atom. The summed E-state index contributed by atoms with van der Waals surface area (Å²) in [5.74, 6) is -0.566. The number of furan rings is 1. The van der Waals surface area contributed by atoms with Crippen molar-refractivity contribution in [2.24, 2.45) is 5.73 Å². The van der Waals surface area contributed by atoms with E-state index >= 15 is 0 Å². The highest BCUT2D eigenvalue weighted by Crippen LogP contribution is 2.39. The van der Waals surface area contributed by atoms with Gasteiger partial charge in [-0.2, -0.15) is 0 Å². The molecule has 3 rings (SSSR count). The van der Waals surface area contributed by atoms with Gasteiger partial charge >= 0.3 is 0 Å². The zero-order chi connectivity index (χ0) is 13.9. The molecule has 0 fully saturated rings. The maximum Gasteiger partial charge on any atom is 0.213 e. The average Bonchev–Trinajstić information content (AvgIpc) is 2.72. The van der Waals surface area contributed by atoms with Gasteiger partial charge in [-0.15, -0.1) is 0 Å². The lowest BCUT2D eigenvalue weighted by molar-refractivity contribution is 0.0981. The molecule has 0 saturated carbocycles. The van der Waals surface area contributed by atoms with Crippen molar-refractivity contribution in [3.63, 3.8) is 0 Å². The molecule has 0 atom stereocenters. The number of rotatable bonds is 0. The number of aryl methyl sites for hydroxylation is 2. The molecule has 1 aliphatic carbocycles. The van der Waals surface area contributed by atoms with Crippen LogP contribution in [0.5, 0.6) is 5.75 Å². The van der Waals surface area contributed by atoms with Crippen molar-refractivity contribution < 1.29 is 19.1 Å². The van der Waals surface area contributed by atoms with Gasteiger partial charge in [0.2, 0.25) is 5.78 Å². The van der Waals surface area contributed by atoms with E-state index < -0.39 is 11.6 Å². The Kier molecular flexibility index (Phi) is 2.11. The SMILES string of the molecule is Cc1cc2c3c(c(O)c(C)c2o1)C(=O)C(N)=CC3=O. The monoisotopic (exact) mass is 257 g/mol. The number of phenols is 1. The number of nitrogens with two attached hydrogens (primary N) is 1. The summed E-state index contributed by atoms with van der Waals surface area (Å²) in [5, 5.41) is 10.7. The summed E-state index contributed by atoms with van der Waals surface area (Å²) in [5.41, 5.74) is 6.33. The number of allylic oxidation sites excluding steroid dienone is 2. The minimum atomic E-state index is -0.532. The summed E-state index contributed by atoms with van der Waals surface area (Å²) in [6, 6.07) is 1.68. The first-order valence-electron chi connectivity index (χ1n) is 5.73. The third kappa shape index (κ3) is 1.35. The number of phenolic OH excluding ortho intramolecular Hbond substituents is 1. The van der Waals surface area contributed by atoms with E-state index in [1.165, 1.54) is 0 Å². The minimum Gasteiger partial charge on any atom is -0.507 e. The largest absolute Gasteiger partial charge is 0.507 e. The molecule has 0 amide bonds. The number of carbonyl (C=O) groups excluding carboxylic acids is 2. The Bertz CT molecular complexity index is 796. The van der Waals surface area contributed by atoms with E-state index in [9.17, 15) is 14.7 Å². The zero-order valence-electron chi connectivity index (χ0n) is 10.4. The molecule has 1 aromatic heterocycles. The molecule has 0 radical (unpaired) electrons. The summed E-state index contributed by atoms with van der Waals surface area (Å²) in [6.07, 6.45) is 1.08. The van der Waals surface area contributed by atoms with Crippen LogP contribution in [0.2, 0.25) is 0 Å². The van der Waals surface area contributed by atoms with Crippen LogP contribution in [0, 0.1) is 13.8 Å². The van der Waals surface area contributed by atoms with Gasteiger partial charge in [-0.1, -0.05) is 0 Å². The summed E-state index contributed by atoms with van der Waals surface area (Å²) in [6.45, 7) is 3.37. The number of ketones is 2. The van der Waals surface area contributed by atoms with E-state index in [1.54, 1.807) is 19.9 Å². The van der Waals surface area contributed by atoms with E-state index in [2.05, 4.69) is 0 Å². The predicted octanol–water partition coefficient (Wildman–Crippen LogP) is 1.98. The number of carbonyl (C=O) groups is 2. The fourth-order valence-electron chi connectivity index (χ4n) is 2.43. The maximum atomic E-state index is 12.1. The molecule has 96 valence electrons. The van der Waals surface area contributed by atoms with Gasteiger partial charge < -0.3 is 15.3 Å². The van der Waals surface area contributed by atoms with Gasteiger partial charge in [0.25, 0.3) is 0 Å². The normalized spacial score (nSPS) is 14.7. The second kappa shape index (κ2) is 3.47. The number of Topliss-reactive ketones (excluding diaryl/α,β-unsaturated/α-hetero) is 1. The molecule has 5 nitrogen and oxygen atoms in total. The maximum absolute atomic E-state index is 12.1. The smallest absolute Gasteiger partial charge is 0.213 e. The molecule has 5 heteroatoms. The molecule has 0 bridgehead atoms. The van der Waals surface area contributed by atoms with Gasteiger partial charge in [0, 0.05) is 22.6 Å². The third-order valence-corrected chi connectivity index (χ3v) is 3.33. The van der Waals surface area contributed by atoms with Crippen LogP contribution in [-0.4, -0.2) is 16.7 Å². The Balaban J connectivity index is 2.55. The van der Waals surface area contributed by atoms with Gasteiger partial charge in [0.1, 0.15) is 17.1 Å². The van der Waals surface area contributed by atoms with E-state index in [4.69, 9.17) is 10.2 Å². The number of hydrogen-bond donors (Lipinski definition) is 2. The van der Waals surface area contributed by atoms with E-state index in [1.807, 2.05) is 0 Å². The molecule has 0 aliphatic heterocycles. The number of aromatic hydroxyl groups is 1. The fraction of sp³-hybridized carbons (Fsp3) is 0.143. The lowest BCUT2D eigenvalue weighted by Gasteiger charge is -2.16. The van der Waals surface area contributed by atoms with E-state index in [0.29, 0.717) is 22.3 Å². The van der Waals surface area contributed by atoms with Crippen molar-refractivity contribution in [1.82, 2.24) is 0 Å². The highest BCUT2D eigenvalue weighted by Gasteiger charge is 2.32. The van der Waals surface area contributed by atoms with E-state index in [-0.39, 0.29) is 22.6 Å². The standard InChI is InChI=1S/C14H11NO4/c1-5-3-7-10-9(16)4-8(15)13(18)11(10)12(17)6(2)14(7)19-5/h3-4,17H,15H2,1-2H3. The Hall–Kier alpha value is -2.56. The second-order valence-corrected chi connectivity index (χ2v) is 4.62. The number of benzene rings is 1. The first kappa shape index (κ1) is 11.5. The van der Waals surface area contributed by atoms with Gasteiger partial charge in [0.05, 0.1) is 11.3 Å². The molecule has 0 spiro atoms. The molecule has 0 unspecified atom stereocenters. The van der Waals surface area contributed by atoms with Gasteiger partial charge in [-0.3, -0.25) is 9.59 Å². The average molecular weight is 257 g/mol. The zero-order valence-corrected chi connectivity index (χ0v) is 10.4. The van der Waals surface area contributed by atoms with Crippen molar-refractivity contribution >= 4 is 22.5 Å². The van der Waals surface area contributed by atoms with Crippen LogP contribution in [0.3, 0.4) is 0 Å². The van der Waals surface area contributed by atoms with Crippen LogP contribution < -0.4 is 5.73 Å². The quantitative estimate of drug-likeness (QED) is 0.752. The lowest BCUT2D eigenvalue weighted by atomic mass is 9.87. The van der Waals surface area contributed by atoms with Crippen LogP contribution >= 0.6 is 0 Å². The van der Waals surface area contributed by atoms with Crippen LogP contribution in [0.1, 0.15) is 32.0 Å². The summed E-state index contributed by atoms with van der Waals surface area (Å²) < 4.78 is 5.48. The summed E-state index contributed by atoms with van der Waals surface area (Å²) in [4.78, 5) is 24.1. The second-order valence-electron chi connectivity index (χ2n) is 4.62. The van der Waals surface area contributed by atoms with Crippen molar-refractivity contribution in [3.8, 4) is 5.75 Å². The molecule has 2 aromatic rings. The Morgan fingerprint density at radius 3 is 2.58 bits per heavy atom. The molecule has 19 heavy (non-hydrogen) atoms. The predicted molar refractivity (Wildman–Crippen MR) is 68.3 cm³/mol. The molecular weight excluding hydrogens is 246 g/mol. The third-order valence-electron chi connectivity index (χ3n) is 3.33. The lowest BCUT2D eigenvalue weighted by Crippen LogP contribution is -2.22. The van der Waals surface area contributed by atoms with Crippen LogP contribution in [0.15, 0.2) is 22.3 Å². The number of fused-ring (bicyclic) bond motifs is 3. The Labute approximate surface area is 108 Å². The van der Waals surface area contributed by atoms with Crippen molar-refractivity contribution in [3.05, 3.63) is 40.3 Å². The molecular formula is C14H11NO4. The minimum absolute atomic E-state index is 0.0317. The topological polar surface area (TPSA) is 93.5 Å². The first-order valence-corrected chi connectivity index (χ1v) is 5.73. The van der Waals surface area contributed by atoms with Crippen LogP contribution in [0.25, 0.3) is 11.0 Å². The summed E-state index contributed by atoms with van der Waals surface area (Å²) in [7, 11) is 0. The highest BCUT2D eigenvalue weighted by atomic mass is 16.3. The summed E-state index contributed by atoms with van der Waals surface area (Å²) >= 11 is 0. The first-order chi connectivity index (χ1) is 8.91. The van der Waals surface area contributed by atoms with Crippen molar-refractivity contribution in [2.75, 3.05) is 0 Å². The number of hydrogen-bond acceptors (Lipinski definition) is 5. The van der Waals surface area contributed by atoms with Gasteiger partial charge in [0.15, 0.2) is 5.78 Å². The molecule has 3 N–H and O–H groups in total. The van der Waals surface area contributed by atoms with Crippen LogP contribution in [-0.2, 0) is 0 Å². The fourth-order valence-corrected chi connectivity index (χ4v) is 2.43. The van der Waals surface area contributed by atoms with Crippen LogP contribution in [0.4, 0.5) is 0 Å².